The number of pyridine rings is 1. The van der Waals surface area contributed by atoms with Crippen LogP contribution in [-0.2, 0) is 21.4 Å². The number of carbonyl (C=O) groups is 2. The van der Waals surface area contributed by atoms with E-state index in [-0.39, 0.29) is 29.2 Å². The van der Waals surface area contributed by atoms with Gasteiger partial charge in [-0.2, -0.15) is 0 Å². The van der Waals surface area contributed by atoms with E-state index in [1.54, 1.807) is 12.4 Å². The van der Waals surface area contributed by atoms with Gasteiger partial charge >= 0.3 is 0 Å². The van der Waals surface area contributed by atoms with Gasteiger partial charge in [-0.1, -0.05) is 0 Å². The molecule has 2 aromatic heterocycles. The zero-order valence-corrected chi connectivity index (χ0v) is 16.5. The molecule has 3 heterocycles. The second-order valence-corrected chi connectivity index (χ2v) is 7.92. The van der Waals surface area contributed by atoms with Crippen LogP contribution >= 0.6 is 0 Å². The molecule has 29 heavy (non-hydrogen) atoms. The second kappa shape index (κ2) is 7.77. The van der Waals surface area contributed by atoms with Gasteiger partial charge in [-0.25, -0.2) is 4.98 Å². The maximum Gasteiger partial charge on any atom is 0.254 e. The average molecular weight is 395 g/mol. The number of amides is 2. The summed E-state index contributed by atoms with van der Waals surface area (Å²) in [6.45, 7) is 3.06. The third kappa shape index (κ3) is 3.79. The van der Waals surface area contributed by atoms with Crippen LogP contribution in [0.1, 0.15) is 43.9 Å². The van der Waals surface area contributed by atoms with Gasteiger partial charge in [0, 0.05) is 61.9 Å². The van der Waals surface area contributed by atoms with Crippen molar-refractivity contribution in [2.75, 3.05) is 19.6 Å². The number of likely N-dealkylation sites (tertiary alicyclic amines) is 1. The molecule has 1 fully saturated rings. The lowest BCUT2D eigenvalue weighted by atomic mass is 9.77. The summed E-state index contributed by atoms with van der Waals surface area (Å²) in [6.07, 6.45) is 6.95. The van der Waals surface area contributed by atoms with E-state index in [4.69, 9.17) is 4.98 Å². The Labute approximate surface area is 168 Å². The Morgan fingerprint density at radius 3 is 2.97 bits per heavy atom. The number of carbonyl (C=O) groups excluding carboxylic acids is 2. The summed E-state index contributed by atoms with van der Waals surface area (Å²) in [4.78, 5) is 50.2. The van der Waals surface area contributed by atoms with Crippen LogP contribution in [0, 0.1) is 0 Å². The highest BCUT2D eigenvalue weighted by Gasteiger charge is 2.45. The highest BCUT2D eigenvalue weighted by atomic mass is 16.2. The van der Waals surface area contributed by atoms with Gasteiger partial charge in [0.25, 0.3) is 5.56 Å². The molecule has 1 aliphatic heterocycles. The lowest BCUT2D eigenvalue weighted by Gasteiger charge is -2.40. The third-order valence-corrected chi connectivity index (χ3v) is 5.95. The van der Waals surface area contributed by atoms with E-state index in [2.05, 4.69) is 15.3 Å². The Bertz CT molecular complexity index is 988. The topological polar surface area (TPSA) is 108 Å². The first-order chi connectivity index (χ1) is 14.0. The smallest absolute Gasteiger partial charge is 0.254 e. The molecule has 8 heteroatoms. The summed E-state index contributed by atoms with van der Waals surface area (Å²) < 4.78 is 0. The third-order valence-electron chi connectivity index (χ3n) is 5.95. The number of piperidine rings is 1. The van der Waals surface area contributed by atoms with Crippen molar-refractivity contribution in [3.05, 3.63) is 46.1 Å². The molecule has 0 saturated carbocycles. The molecule has 8 nitrogen and oxygen atoms in total. The monoisotopic (exact) mass is 395 g/mol. The van der Waals surface area contributed by atoms with E-state index >= 15 is 0 Å². The molecule has 2 aromatic rings. The highest BCUT2D eigenvalue weighted by Crippen LogP contribution is 2.43. The van der Waals surface area contributed by atoms with Crippen LogP contribution in [0.15, 0.2) is 29.3 Å². The lowest BCUT2D eigenvalue weighted by Crippen LogP contribution is -2.48. The number of H-pyrrole nitrogens is 1. The molecular formula is C21H25N5O3. The largest absolute Gasteiger partial charge is 0.356 e. The zero-order chi connectivity index (χ0) is 20.4. The molecule has 1 unspecified atom stereocenters. The van der Waals surface area contributed by atoms with Crippen LogP contribution in [0.25, 0.3) is 11.4 Å². The summed E-state index contributed by atoms with van der Waals surface area (Å²) in [5, 5.41) is 2.68. The molecule has 0 radical (unpaired) electrons. The maximum absolute atomic E-state index is 12.7. The number of aromatic nitrogens is 3. The molecule has 152 valence electrons. The predicted molar refractivity (Wildman–Crippen MR) is 107 cm³/mol. The van der Waals surface area contributed by atoms with E-state index in [1.165, 1.54) is 6.92 Å². The first kappa shape index (κ1) is 19.3. The average Bonchev–Trinajstić information content (AvgIpc) is 3.06. The van der Waals surface area contributed by atoms with Gasteiger partial charge in [0.1, 0.15) is 5.82 Å². The molecule has 0 aromatic carbocycles. The van der Waals surface area contributed by atoms with Crippen molar-refractivity contribution in [2.24, 2.45) is 0 Å². The van der Waals surface area contributed by atoms with Crippen LogP contribution in [-0.4, -0.2) is 51.3 Å². The summed E-state index contributed by atoms with van der Waals surface area (Å²) in [6, 6.07) is 3.69. The number of aromatic amines is 1. The lowest BCUT2D eigenvalue weighted by molar-refractivity contribution is -0.133. The van der Waals surface area contributed by atoms with E-state index in [0.717, 1.165) is 36.1 Å². The van der Waals surface area contributed by atoms with Crippen LogP contribution < -0.4 is 10.9 Å². The second-order valence-electron chi connectivity index (χ2n) is 7.92. The van der Waals surface area contributed by atoms with Gasteiger partial charge in [-0.15, -0.1) is 0 Å². The first-order valence-corrected chi connectivity index (χ1v) is 10.0. The highest BCUT2D eigenvalue weighted by molar-refractivity contribution is 5.78. The van der Waals surface area contributed by atoms with Crippen LogP contribution in [0.5, 0.6) is 0 Å². The van der Waals surface area contributed by atoms with Gasteiger partial charge in [-0.05, 0) is 37.8 Å². The summed E-state index contributed by atoms with van der Waals surface area (Å²) in [5.41, 5.74) is 1.97. The molecule has 4 rings (SSSR count). The van der Waals surface area contributed by atoms with Gasteiger partial charge in [-0.3, -0.25) is 19.4 Å². The number of hydrogen-bond donors (Lipinski definition) is 2. The number of nitrogens with zero attached hydrogens (tertiary/aromatic N) is 3. The van der Waals surface area contributed by atoms with Crippen LogP contribution in [0.4, 0.5) is 0 Å². The minimum absolute atomic E-state index is 0.0311. The van der Waals surface area contributed by atoms with Gasteiger partial charge in [0.2, 0.25) is 11.8 Å². The molecule has 1 spiro atoms. The van der Waals surface area contributed by atoms with Gasteiger partial charge in [0.15, 0.2) is 0 Å². The Kier molecular flexibility index (Phi) is 5.17. The Balaban J connectivity index is 1.60. The number of hydrogen-bond acceptors (Lipinski definition) is 5. The molecule has 2 aliphatic rings. The molecule has 1 atom stereocenters. The fourth-order valence-electron chi connectivity index (χ4n) is 4.54. The van der Waals surface area contributed by atoms with Gasteiger partial charge < -0.3 is 15.2 Å². The van der Waals surface area contributed by atoms with Crippen molar-refractivity contribution in [1.82, 2.24) is 25.2 Å². The molecule has 1 saturated heterocycles. The normalized spacial score (nSPS) is 20.5. The summed E-state index contributed by atoms with van der Waals surface area (Å²) in [5.74, 6) is 0.421. The Morgan fingerprint density at radius 1 is 1.34 bits per heavy atom. The van der Waals surface area contributed by atoms with Gasteiger partial charge in [0.05, 0.1) is 5.69 Å². The van der Waals surface area contributed by atoms with Crippen molar-refractivity contribution >= 4 is 11.8 Å². The SMILES string of the molecule is CC(=O)NCCC(=O)N1CCCC2(CCc3c2nc(-c2cccnc2)[nH]c3=O)C1. The van der Waals surface area contributed by atoms with E-state index in [1.807, 2.05) is 17.0 Å². The standard InChI is InChI=1S/C21H25N5O3/c1-14(27)23-10-6-17(28)26-11-3-7-21(13-26)8-5-16-18(21)24-19(25-20(16)29)15-4-2-9-22-12-15/h2,4,9,12H,3,5-8,10-11,13H2,1H3,(H,23,27)(H,24,25,29). The van der Waals surface area contributed by atoms with Crippen molar-refractivity contribution in [3.8, 4) is 11.4 Å². The molecule has 2 amide bonds. The van der Waals surface area contributed by atoms with E-state index in [9.17, 15) is 14.4 Å². The fraction of sp³-hybridized carbons (Fsp3) is 0.476. The van der Waals surface area contributed by atoms with E-state index in [0.29, 0.717) is 31.9 Å². The summed E-state index contributed by atoms with van der Waals surface area (Å²) in [7, 11) is 0. The van der Waals surface area contributed by atoms with Crippen molar-refractivity contribution in [2.45, 2.75) is 44.4 Å². The quantitative estimate of drug-likeness (QED) is 0.808. The van der Waals surface area contributed by atoms with Crippen molar-refractivity contribution in [3.63, 3.8) is 0 Å². The molecule has 0 bridgehead atoms. The molecular weight excluding hydrogens is 370 g/mol. The fourth-order valence-corrected chi connectivity index (χ4v) is 4.54. The van der Waals surface area contributed by atoms with Crippen molar-refractivity contribution in [1.29, 1.82) is 0 Å². The minimum atomic E-state index is -0.275. The zero-order valence-electron chi connectivity index (χ0n) is 16.5. The molecule has 2 N–H and O–H groups in total. The van der Waals surface area contributed by atoms with Crippen LogP contribution in [0.3, 0.4) is 0 Å². The summed E-state index contributed by atoms with van der Waals surface area (Å²) >= 11 is 0. The van der Waals surface area contributed by atoms with Crippen molar-refractivity contribution < 1.29 is 9.59 Å². The maximum atomic E-state index is 12.7. The molecule has 1 aliphatic carbocycles. The number of rotatable bonds is 4. The Hall–Kier alpha value is -3.03. The predicted octanol–water partition coefficient (Wildman–Crippen LogP) is 1.16. The Morgan fingerprint density at radius 2 is 2.21 bits per heavy atom. The number of nitrogens with one attached hydrogen (secondary N) is 2. The minimum Gasteiger partial charge on any atom is -0.356 e. The first-order valence-electron chi connectivity index (χ1n) is 10.0. The van der Waals surface area contributed by atoms with E-state index < -0.39 is 0 Å². The van der Waals surface area contributed by atoms with Crippen LogP contribution in [0.2, 0.25) is 0 Å². The number of fused-ring (bicyclic) bond motifs is 2.